The molecule has 1 aromatic carbocycles. The fraction of sp³-hybridized carbons (Fsp3) is 0.500. The fourth-order valence-electron chi connectivity index (χ4n) is 2.73. The van der Waals surface area contributed by atoms with E-state index in [0.29, 0.717) is 18.3 Å². The van der Waals surface area contributed by atoms with Crippen molar-refractivity contribution >= 4 is 10.0 Å². The quantitative estimate of drug-likeness (QED) is 0.886. The highest BCUT2D eigenvalue weighted by atomic mass is 32.2. The molecule has 1 N–H and O–H groups in total. The van der Waals surface area contributed by atoms with Crippen molar-refractivity contribution in [3.63, 3.8) is 0 Å². The summed E-state index contributed by atoms with van der Waals surface area (Å²) in [6.07, 6.45) is 0.371. The summed E-state index contributed by atoms with van der Waals surface area (Å²) >= 11 is 0. The minimum atomic E-state index is -3.56. The molecular formula is C16H21N3O4S. The molecule has 1 aliphatic rings. The van der Waals surface area contributed by atoms with Crippen molar-refractivity contribution < 1.29 is 17.7 Å². The lowest BCUT2D eigenvalue weighted by molar-refractivity contribution is 0.0635. The second-order valence-corrected chi connectivity index (χ2v) is 7.88. The third kappa shape index (κ3) is 3.50. The lowest BCUT2D eigenvalue weighted by Gasteiger charge is -2.16. The van der Waals surface area contributed by atoms with Gasteiger partial charge in [-0.05, 0) is 50.5 Å². The van der Waals surface area contributed by atoms with Gasteiger partial charge in [-0.25, -0.2) is 13.1 Å². The minimum Gasteiger partial charge on any atom is -0.368 e. The maximum Gasteiger partial charge on any atom is 0.256 e. The molecule has 1 aliphatic heterocycles. The molecule has 0 radical (unpaired) electrons. The molecule has 130 valence electrons. The normalized spacial score (nSPS) is 21.3. The minimum absolute atomic E-state index is 0.0360. The smallest absolute Gasteiger partial charge is 0.256 e. The van der Waals surface area contributed by atoms with Gasteiger partial charge in [-0.15, -0.1) is 0 Å². The van der Waals surface area contributed by atoms with E-state index in [-0.39, 0.29) is 23.5 Å². The highest BCUT2D eigenvalue weighted by Gasteiger charge is 2.34. The Hall–Kier alpha value is -1.77. The van der Waals surface area contributed by atoms with Crippen LogP contribution in [0.2, 0.25) is 0 Å². The Balaban J connectivity index is 1.70. The maximum atomic E-state index is 12.5. The summed E-state index contributed by atoms with van der Waals surface area (Å²) in [4.78, 5) is 4.46. The summed E-state index contributed by atoms with van der Waals surface area (Å²) in [6.45, 7) is 6.39. The third-order valence-corrected chi connectivity index (χ3v) is 5.75. The zero-order chi connectivity index (χ0) is 17.3. The summed E-state index contributed by atoms with van der Waals surface area (Å²) in [6, 6.07) is 5.11. The van der Waals surface area contributed by atoms with Crippen molar-refractivity contribution in [1.29, 1.82) is 0 Å². The number of rotatable bonds is 5. The number of hydrogen-bond donors (Lipinski definition) is 1. The summed E-state index contributed by atoms with van der Waals surface area (Å²) in [5, 5.41) is 3.77. The van der Waals surface area contributed by atoms with Crippen molar-refractivity contribution in [3.05, 3.63) is 41.0 Å². The van der Waals surface area contributed by atoms with E-state index in [1.165, 1.54) is 0 Å². The zero-order valence-electron chi connectivity index (χ0n) is 13.9. The summed E-state index contributed by atoms with van der Waals surface area (Å²) < 4.78 is 38.5. The second kappa shape index (κ2) is 6.62. The molecule has 8 heteroatoms. The van der Waals surface area contributed by atoms with Crippen LogP contribution < -0.4 is 4.72 Å². The van der Waals surface area contributed by atoms with E-state index >= 15 is 0 Å². The van der Waals surface area contributed by atoms with Gasteiger partial charge < -0.3 is 9.26 Å². The van der Waals surface area contributed by atoms with Crippen molar-refractivity contribution in [2.75, 3.05) is 13.2 Å². The van der Waals surface area contributed by atoms with Crippen molar-refractivity contribution in [2.45, 2.75) is 38.2 Å². The van der Waals surface area contributed by atoms with Gasteiger partial charge in [0.2, 0.25) is 10.0 Å². The molecule has 0 unspecified atom stereocenters. The van der Waals surface area contributed by atoms with E-state index in [2.05, 4.69) is 14.9 Å². The lowest BCUT2D eigenvalue weighted by atomic mass is 10.0. The van der Waals surface area contributed by atoms with Gasteiger partial charge in [0, 0.05) is 19.1 Å². The Bertz CT molecular complexity index is 832. The Kier molecular flexibility index (Phi) is 4.71. The molecule has 1 aromatic heterocycles. The van der Waals surface area contributed by atoms with Crippen LogP contribution in [0.4, 0.5) is 0 Å². The Morgan fingerprint density at radius 1 is 1.25 bits per heavy atom. The molecule has 2 heterocycles. The number of nitrogens with zero attached hydrogens (tertiary/aromatic N) is 2. The Morgan fingerprint density at radius 2 is 2.04 bits per heavy atom. The Morgan fingerprint density at radius 3 is 2.71 bits per heavy atom. The molecule has 1 fully saturated rings. The standard InChI is InChI=1S/C16H21N3O4S/c1-10-4-5-14(8-11(10)2)24(20,21)17-9-13-6-7-22-15(13)16-18-12(3)19-23-16/h4-5,8,13,15,17H,6-7,9H2,1-3H3/t13-,15-/m0/s1. The van der Waals surface area contributed by atoms with Crippen LogP contribution in [0.15, 0.2) is 27.6 Å². The fourth-order valence-corrected chi connectivity index (χ4v) is 3.90. The number of nitrogens with one attached hydrogen (secondary N) is 1. The topological polar surface area (TPSA) is 94.3 Å². The van der Waals surface area contributed by atoms with Crippen LogP contribution in [0, 0.1) is 26.7 Å². The number of aromatic nitrogens is 2. The van der Waals surface area contributed by atoms with Crippen LogP contribution in [-0.4, -0.2) is 31.7 Å². The van der Waals surface area contributed by atoms with Crippen LogP contribution in [0.5, 0.6) is 0 Å². The average molecular weight is 351 g/mol. The van der Waals surface area contributed by atoms with Crippen molar-refractivity contribution in [1.82, 2.24) is 14.9 Å². The van der Waals surface area contributed by atoms with Crippen molar-refractivity contribution in [3.8, 4) is 0 Å². The van der Waals surface area contributed by atoms with Crippen LogP contribution in [-0.2, 0) is 14.8 Å². The molecule has 7 nitrogen and oxygen atoms in total. The number of hydrogen-bond acceptors (Lipinski definition) is 6. The van der Waals surface area contributed by atoms with E-state index in [1.807, 2.05) is 19.9 Å². The molecule has 0 amide bonds. The van der Waals surface area contributed by atoms with E-state index in [0.717, 1.165) is 17.5 Å². The van der Waals surface area contributed by atoms with Crippen LogP contribution >= 0.6 is 0 Å². The molecular weight excluding hydrogens is 330 g/mol. The first kappa shape index (κ1) is 17.1. The van der Waals surface area contributed by atoms with E-state index in [1.54, 1.807) is 19.1 Å². The van der Waals surface area contributed by atoms with Gasteiger partial charge in [0.05, 0.1) is 4.90 Å². The molecule has 2 atom stereocenters. The largest absolute Gasteiger partial charge is 0.368 e. The maximum absolute atomic E-state index is 12.5. The average Bonchev–Trinajstić information content (AvgIpc) is 3.16. The van der Waals surface area contributed by atoms with E-state index < -0.39 is 10.0 Å². The molecule has 3 rings (SSSR count). The van der Waals surface area contributed by atoms with Gasteiger partial charge in [0.1, 0.15) is 6.10 Å². The second-order valence-electron chi connectivity index (χ2n) is 6.12. The number of aryl methyl sites for hydroxylation is 3. The highest BCUT2D eigenvalue weighted by Crippen LogP contribution is 2.33. The first-order chi connectivity index (χ1) is 11.4. The summed E-state index contributed by atoms with van der Waals surface area (Å²) in [5.41, 5.74) is 2.01. The van der Waals surface area contributed by atoms with Gasteiger partial charge in [0.15, 0.2) is 5.82 Å². The van der Waals surface area contributed by atoms with E-state index in [9.17, 15) is 8.42 Å². The van der Waals surface area contributed by atoms with Crippen LogP contribution in [0.1, 0.15) is 35.4 Å². The monoisotopic (exact) mass is 351 g/mol. The summed E-state index contributed by atoms with van der Waals surface area (Å²) in [5.74, 6) is 0.904. The number of benzene rings is 1. The molecule has 0 saturated carbocycles. The third-order valence-electron chi connectivity index (χ3n) is 4.33. The molecule has 0 bridgehead atoms. The SMILES string of the molecule is Cc1noc([C@H]2OCC[C@H]2CNS(=O)(=O)c2ccc(C)c(C)c2)n1. The van der Waals surface area contributed by atoms with E-state index in [4.69, 9.17) is 9.26 Å². The molecule has 0 spiro atoms. The van der Waals surface area contributed by atoms with Gasteiger partial charge in [-0.3, -0.25) is 0 Å². The predicted molar refractivity (Wildman–Crippen MR) is 86.9 cm³/mol. The lowest BCUT2D eigenvalue weighted by Crippen LogP contribution is -2.30. The first-order valence-electron chi connectivity index (χ1n) is 7.85. The highest BCUT2D eigenvalue weighted by molar-refractivity contribution is 7.89. The van der Waals surface area contributed by atoms with Gasteiger partial charge in [0.25, 0.3) is 5.89 Å². The van der Waals surface area contributed by atoms with Crippen LogP contribution in [0.25, 0.3) is 0 Å². The number of sulfonamides is 1. The molecule has 24 heavy (non-hydrogen) atoms. The number of ether oxygens (including phenoxy) is 1. The van der Waals surface area contributed by atoms with Crippen LogP contribution in [0.3, 0.4) is 0 Å². The Labute approximate surface area is 141 Å². The molecule has 0 aliphatic carbocycles. The summed E-state index contributed by atoms with van der Waals surface area (Å²) in [7, 11) is -3.56. The molecule has 1 saturated heterocycles. The van der Waals surface area contributed by atoms with Gasteiger partial charge in [-0.1, -0.05) is 11.2 Å². The van der Waals surface area contributed by atoms with Gasteiger partial charge in [-0.2, -0.15) is 4.98 Å². The predicted octanol–water partition coefficient (Wildman–Crippen LogP) is 2.05. The zero-order valence-corrected chi connectivity index (χ0v) is 14.8. The van der Waals surface area contributed by atoms with Crippen molar-refractivity contribution in [2.24, 2.45) is 5.92 Å². The van der Waals surface area contributed by atoms with Gasteiger partial charge >= 0.3 is 0 Å². The first-order valence-corrected chi connectivity index (χ1v) is 9.34. The molecule has 2 aromatic rings.